The van der Waals surface area contributed by atoms with Crippen LogP contribution in [0.1, 0.15) is 0 Å². The zero-order valence-corrected chi connectivity index (χ0v) is 22.9. The van der Waals surface area contributed by atoms with Crippen LogP contribution in [0.25, 0.3) is 0 Å². The van der Waals surface area contributed by atoms with Gasteiger partial charge >= 0.3 is 25.7 Å². The van der Waals surface area contributed by atoms with Gasteiger partial charge in [0.2, 0.25) is 0 Å². The van der Waals surface area contributed by atoms with E-state index in [1.807, 2.05) is 72.8 Å². The lowest BCUT2D eigenvalue weighted by molar-refractivity contribution is 0.253. The SMILES string of the molecule is COc1ccc([Si]2(C)O[Si](C)(c3ccc(OC)cc3)O[Si](C)(c3ccc(OC)cc3)O2)cc1. The van der Waals surface area contributed by atoms with Crippen LogP contribution < -0.4 is 29.8 Å². The Morgan fingerprint density at radius 1 is 0.424 bits per heavy atom. The summed E-state index contributed by atoms with van der Waals surface area (Å²) in [6, 6.07) is 24.0. The molecule has 6 nitrogen and oxygen atoms in total. The minimum atomic E-state index is -2.85. The third-order valence-electron chi connectivity index (χ3n) is 6.01. The molecule has 1 fully saturated rings. The quantitative estimate of drug-likeness (QED) is 0.487. The molecular formula is C24H30O6Si3. The molecule has 0 amide bonds. The van der Waals surface area contributed by atoms with E-state index in [0.29, 0.717) is 0 Å². The monoisotopic (exact) mass is 498 g/mol. The Hall–Kier alpha value is -2.41. The van der Waals surface area contributed by atoms with Gasteiger partial charge < -0.3 is 26.6 Å². The van der Waals surface area contributed by atoms with E-state index in [0.717, 1.165) is 32.8 Å². The molecule has 33 heavy (non-hydrogen) atoms. The number of rotatable bonds is 6. The van der Waals surface area contributed by atoms with Crippen molar-refractivity contribution in [2.45, 2.75) is 19.6 Å². The van der Waals surface area contributed by atoms with Gasteiger partial charge in [0.15, 0.2) is 0 Å². The fourth-order valence-corrected chi connectivity index (χ4v) is 19.9. The predicted molar refractivity (Wildman–Crippen MR) is 136 cm³/mol. The average molecular weight is 499 g/mol. The standard InChI is InChI=1S/C24H30O6Si3/c1-25-19-7-13-22(14-8-19)31(4)28-32(5,23-15-9-20(26-2)10-16-23)30-33(6,29-31)24-17-11-21(27-3)12-18-24/h7-18H,1-6H3. The van der Waals surface area contributed by atoms with E-state index < -0.39 is 25.7 Å². The maximum Gasteiger partial charge on any atom is 0.352 e. The molecule has 1 aliphatic rings. The van der Waals surface area contributed by atoms with Gasteiger partial charge in [-0.3, -0.25) is 0 Å². The third-order valence-corrected chi connectivity index (χ3v) is 19.5. The van der Waals surface area contributed by atoms with Crippen LogP contribution in [-0.4, -0.2) is 47.0 Å². The summed E-state index contributed by atoms with van der Waals surface area (Å²) < 4.78 is 36.8. The zero-order valence-electron chi connectivity index (χ0n) is 19.9. The van der Waals surface area contributed by atoms with Crippen molar-refractivity contribution >= 4 is 41.2 Å². The number of hydrogen-bond donors (Lipinski definition) is 0. The second-order valence-electron chi connectivity index (χ2n) is 8.33. The summed E-state index contributed by atoms with van der Waals surface area (Å²) in [4.78, 5) is 0. The predicted octanol–water partition coefficient (Wildman–Crippen LogP) is 3.01. The summed E-state index contributed by atoms with van der Waals surface area (Å²) in [5, 5.41) is 3.14. The molecule has 0 atom stereocenters. The fourth-order valence-electron chi connectivity index (χ4n) is 4.21. The average Bonchev–Trinajstić information content (AvgIpc) is 2.83. The van der Waals surface area contributed by atoms with Crippen LogP contribution in [0.3, 0.4) is 0 Å². The maximum atomic E-state index is 6.90. The topological polar surface area (TPSA) is 55.4 Å². The zero-order chi connectivity index (χ0) is 23.7. The van der Waals surface area contributed by atoms with E-state index >= 15 is 0 Å². The molecule has 174 valence electrons. The van der Waals surface area contributed by atoms with Crippen LogP contribution in [0, 0.1) is 0 Å². The number of hydrogen-bond acceptors (Lipinski definition) is 6. The van der Waals surface area contributed by atoms with Gasteiger partial charge in [0.1, 0.15) is 17.2 Å². The lowest BCUT2D eigenvalue weighted by Gasteiger charge is -2.50. The van der Waals surface area contributed by atoms with Crippen molar-refractivity contribution in [1.29, 1.82) is 0 Å². The van der Waals surface area contributed by atoms with Crippen molar-refractivity contribution in [1.82, 2.24) is 0 Å². The van der Waals surface area contributed by atoms with Crippen molar-refractivity contribution < 1.29 is 26.6 Å². The smallest absolute Gasteiger partial charge is 0.352 e. The molecule has 0 aliphatic carbocycles. The fraction of sp³-hybridized carbons (Fsp3) is 0.250. The second-order valence-corrected chi connectivity index (χ2v) is 18.2. The van der Waals surface area contributed by atoms with Gasteiger partial charge in [-0.1, -0.05) is 36.4 Å². The van der Waals surface area contributed by atoms with Crippen LogP contribution in [0.4, 0.5) is 0 Å². The summed E-state index contributed by atoms with van der Waals surface area (Å²) in [6.45, 7) is 6.34. The summed E-state index contributed by atoms with van der Waals surface area (Å²) in [5.74, 6) is 2.40. The molecule has 0 saturated carbocycles. The van der Waals surface area contributed by atoms with Crippen molar-refractivity contribution in [3.05, 3.63) is 72.8 Å². The number of ether oxygens (including phenoxy) is 3. The number of methoxy groups -OCH3 is 3. The molecular weight excluding hydrogens is 469 g/mol. The van der Waals surface area contributed by atoms with Crippen LogP contribution in [0.15, 0.2) is 72.8 Å². The maximum absolute atomic E-state index is 6.90. The normalized spacial score (nSPS) is 27.1. The summed E-state index contributed by atoms with van der Waals surface area (Å²) in [7, 11) is -3.55. The van der Waals surface area contributed by atoms with E-state index in [-0.39, 0.29) is 0 Å². The second kappa shape index (κ2) is 9.09. The minimum absolute atomic E-state index is 0.800. The first-order chi connectivity index (χ1) is 15.7. The summed E-state index contributed by atoms with van der Waals surface area (Å²) in [6.07, 6.45) is 0. The van der Waals surface area contributed by atoms with Gasteiger partial charge in [0, 0.05) is 0 Å². The molecule has 0 radical (unpaired) electrons. The van der Waals surface area contributed by atoms with Crippen LogP contribution in [0.5, 0.6) is 17.2 Å². The van der Waals surface area contributed by atoms with Gasteiger partial charge in [0.25, 0.3) is 0 Å². The Morgan fingerprint density at radius 2 is 0.636 bits per heavy atom. The van der Waals surface area contributed by atoms with Crippen LogP contribution >= 0.6 is 0 Å². The highest BCUT2D eigenvalue weighted by Gasteiger charge is 2.59. The van der Waals surface area contributed by atoms with Gasteiger partial charge in [0.05, 0.1) is 21.3 Å². The molecule has 0 spiro atoms. The Morgan fingerprint density at radius 3 is 0.818 bits per heavy atom. The first-order valence-electron chi connectivity index (χ1n) is 10.8. The van der Waals surface area contributed by atoms with Gasteiger partial charge in [-0.25, -0.2) is 0 Å². The highest BCUT2D eigenvalue weighted by atomic mass is 28.5. The molecule has 0 unspecified atom stereocenters. The van der Waals surface area contributed by atoms with E-state index in [1.165, 1.54) is 0 Å². The van der Waals surface area contributed by atoms with E-state index in [2.05, 4.69) is 19.6 Å². The first kappa shape index (κ1) is 23.7. The molecule has 4 rings (SSSR count). The largest absolute Gasteiger partial charge is 0.497 e. The van der Waals surface area contributed by atoms with Gasteiger partial charge in [-0.05, 0) is 71.6 Å². The lowest BCUT2D eigenvalue weighted by Crippen LogP contribution is -2.77. The molecule has 0 bridgehead atoms. The molecule has 3 aromatic rings. The van der Waals surface area contributed by atoms with Crippen LogP contribution in [-0.2, 0) is 12.3 Å². The Kier molecular flexibility index (Phi) is 6.54. The Balaban J connectivity index is 1.81. The first-order valence-corrected chi connectivity index (χ1v) is 17.7. The number of benzene rings is 3. The highest BCUT2D eigenvalue weighted by molar-refractivity contribution is 7.05. The molecule has 1 heterocycles. The van der Waals surface area contributed by atoms with E-state index in [4.69, 9.17) is 26.6 Å². The van der Waals surface area contributed by atoms with Crippen molar-refractivity contribution in [3.8, 4) is 17.2 Å². The van der Waals surface area contributed by atoms with Gasteiger partial charge in [-0.2, -0.15) is 0 Å². The Labute approximate surface area is 198 Å². The van der Waals surface area contributed by atoms with Crippen molar-refractivity contribution in [2.75, 3.05) is 21.3 Å². The molecule has 1 aliphatic heterocycles. The van der Waals surface area contributed by atoms with Crippen molar-refractivity contribution in [2.24, 2.45) is 0 Å². The lowest BCUT2D eigenvalue weighted by atomic mass is 10.3. The van der Waals surface area contributed by atoms with Crippen molar-refractivity contribution in [3.63, 3.8) is 0 Å². The molecule has 0 aromatic heterocycles. The summed E-state index contributed by atoms with van der Waals surface area (Å²) >= 11 is 0. The Bertz CT molecular complexity index is 939. The van der Waals surface area contributed by atoms with Gasteiger partial charge in [-0.15, -0.1) is 0 Å². The minimum Gasteiger partial charge on any atom is -0.497 e. The van der Waals surface area contributed by atoms with Crippen LogP contribution in [0.2, 0.25) is 19.6 Å². The third kappa shape index (κ3) is 4.65. The molecule has 0 N–H and O–H groups in total. The van der Waals surface area contributed by atoms with E-state index in [1.54, 1.807) is 21.3 Å². The molecule has 3 aromatic carbocycles. The summed E-state index contributed by atoms with van der Waals surface area (Å²) in [5.41, 5.74) is 0. The molecule has 1 saturated heterocycles. The molecule has 9 heteroatoms. The highest BCUT2D eigenvalue weighted by Crippen LogP contribution is 2.31. The van der Waals surface area contributed by atoms with E-state index in [9.17, 15) is 0 Å².